The molecule has 0 spiro atoms. The summed E-state index contributed by atoms with van der Waals surface area (Å²) >= 11 is 6.08. The minimum Gasteiger partial charge on any atom is -0.348 e. The van der Waals surface area contributed by atoms with Crippen molar-refractivity contribution in [2.45, 2.75) is 32.2 Å². The number of amides is 2. The Balaban J connectivity index is 1.44. The number of pyridine rings is 1. The van der Waals surface area contributed by atoms with Gasteiger partial charge < -0.3 is 10.6 Å². The Kier molecular flexibility index (Phi) is 5.76. The van der Waals surface area contributed by atoms with Gasteiger partial charge in [-0.15, -0.1) is 0 Å². The van der Waals surface area contributed by atoms with Gasteiger partial charge in [0, 0.05) is 23.5 Å². The van der Waals surface area contributed by atoms with Crippen LogP contribution in [0.2, 0.25) is 5.15 Å². The number of aromatic nitrogens is 1. The average Bonchev–Trinajstić information content (AvgIpc) is 3.27. The molecule has 29 heavy (non-hydrogen) atoms. The Morgan fingerprint density at radius 2 is 1.83 bits per heavy atom. The highest BCUT2D eigenvalue weighted by molar-refractivity contribution is 6.30. The second kappa shape index (κ2) is 8.62. The lowest BCUT2D eigenvalue weighted by Crippen LogP contribution is -2.23. The van der Waals surface area contributed by atoms with Crippen LogP contribution in [0.25, 0.3) is 10.9 Å². The van der Waals surface area contributed by atoms with Gasteiger partial charge in [-0.3, -0.25) is 9.59 Å². The van der Waals surface area contributed by atoms with Gasteiger partial charge in [0.25, 0.3) is 5.91 Å². The summed E-state index contributed by atoms with van der Waals surface area (Å²) in [4.78, 5) is 29.3. The van der Waals surface area contributed by atoms with E-state index in [1.165, 1.54) is 0 Å². The normalized spacial score (nSPS) is 14.1. The maximum absolute atomic E-state index is 12.8. The molecule has 148 valence electrons. The molecule has 4 rings (SSSR count). The number of carbonyl (C=O) groups is 2. The number of hydrogen-bond acceptors (Lipinski definition) is 3. The third kappa shape index (κ3) is 4.57. The zero-order valence-corrected chi connectivity index (χ0v) is 16.7. The van der Waals surface area contributed by atoms with Crippen molar-refractivity contribution in [3.8, 4) is 0 Å². The fraction of sp³-hybridized carbons (Fsp3) is 0.261. The summed E-state index contributed by atoms with van der Waals surface area (Å²) in [6.45, 7) is 0.347. The van der Waals surface area contributed by atoms with Crippen molar-refractivity contribution in [1.29, 1.82) is 0 Å². The first-order valence-electron chi connectivity index (χ1n) is 9.83. The summed E-state index contributed by atoms with van der Waals surface area (Å²) in [6, 6.07) is 16.6. The molecule has 0 atom stereocenters. The Morgan fingerprint density at radius 1 is 1.03 bits per heavy atom. The van der Waals surface area contributed by atoms with E-state index in [0.29, 0.717) is 17.6 Å². The van der Waals surface area contributed by atoms with Crippen molar-refractivity contribution in [2.75, 3.05) is 5.32 Å². The monoisotopic (exact) mass is 407 g/mol. The molecule has 1 saturated carbocycles. The van der Waals surface area contributed by atoms with Crippen LogP contribution in [0.5, 0.6) is 0 Å². The van der Waals surface area contributed by atoms with E-state index in [1.54, 1.807) is 6.07 Å². The Bertz CT molecular complexity index is 1060. The highest BCUT2D eigenvalue weighted by atomic mass is 35.5. The maximum atomic E-state index is 12.8. The highest BCUT2D eigenvalue weighted by Crippen LogP contribution is 2.26. The Labute approximate surface area is 174 Å². The lowest BCUT2D eigenvalue weighted by molar-refractivity contribution is -0.119. The van der Waals surface area contributed by atoms with E-state index < -0.39 is 0 Å². The van der Waals surface area contributed by atoms with Crippen molar-refractivity contribution < 1.29 is 9.59 Å². The first-order chi connectivity index (χ1) is 14.1. The van der Waals surface area contributed by atoms with E-state index in [9.17, 15) is 9.59 Å². The molecule has 1 heterocycles. The van der Waals surface area contributed by atoms with Crippen molar-refractivity contribution in [1.82, 2.24) is 10.3 Å². The van der Waals surface area contributed by atoms with Gasteiger partial charge in [0.05, 0.1) is 11.1 Å². The van der Waals surface area contributed by atoms with Crippen LogP contribution in [0.4, 0.5) is 5.69 Å². The predicted molar refractivity (Wildman–Crippen MR) is 115 cm³/mol. The molecule has 0 bridgehead atoms. The molecular weight excluding hydrogens is 386 g/mol. The average molecular weight is 408 g/mol. The van der Waals surface area contributed by atoms with E-state index in [4.69, 9.17) is 11.6 Å². The van der Waals surface area contributed by atoms with Gasteiger partial charge in [0.15, 0.2) is 0 Å². The van der Waals surface area contributed by atoms with Gasteiger partial charge in [0.2, 0.25) is 5.91 Å². The number of hydrogen-bond donors (Lipinski definition) is 2. The van der Waals surface area contributed by atoms with Crippen LogP contribution in [0, 0.1) is 5.92 Å². The number of benzene rings is 2. The topological polar surface area (TPSA) is 71.1 Å². The summed E-state index contributed by atoms with van der Waals surface area (Å²) in [7, 11) is 0. The molecule has 5 nitrogen and oxygen atoms in total. The third-order valence-corrected chi connectivity index (χ3v) is 5.50. The first-order valence-corrected chi connectivity index (χ1v) is 10.2. The van der Waals surface area contributed by atoms with E-state index in [2.05, 4.69) is 15.6 Å². The van der Waals surface area contributed by atoms with E-state index in [1.807, 2.05) is 48.5 Å². The molecule has 1 fully saturated rings. The molecule has 3 aromatic rings. The van der Waals surface area contributed by atoms with Crippen LogP contribution >= 0.6 is 11.6 Å². The molecule has 0 radical (unpaired) electrons. The van der Waals surface area contributed by atoms with E-state index in [0.717, 1.165) is 42.3 Å². The number of nitrogens with one attached hydrogen (secondary N) is 2. The van der Waals surface area contributed by atoms with Crippen molar-refractivity contribution in [3.63, 3.8) is 0 Å². The van der Waals surface area contributed by atoms with Crippen LogP contribution in [0.3, 0.4) is 0 Å². The van der Waals surface area contributed by atoms with Crippen LogP contribution in [-0.2, 0) is 11.3 Å². The fourth-order valence-corrected chi connectivity index (χ4v) is 4.00. The quantitative estimate of drug-likeness (QED) is 0.588. The molecular formula is C23H22ClN3O2. The van der Waals surface area contributed by atoms with Gasteiger partial charge >= 0.3 is 0 Å². The molecule has 2 aromatic carbocycles. The number of carbonyl (C=O) groups excluding carboxylic acids is 2. The van der Waals surface area contributed by atoms with Gasteiger partial charge in [-0.05, 0) is 42.7 Å². The summed E-state index contributed by atoms with van der Waals surface area (Å²) < 4.78 is 0. The zero-order chi connectivity index (χ0) is 20.2. The van der Waals surface area contributed by atoms with E-state index in [-0.39, 0.29) is 22.9 Å². The van der Waals surface area contributed by atoms with Crippen LogP contribution in [0.1, 0.15) is 41.6 Å². The number of anilines is 1. The summed E-state index contributed by atoms with van der Waals surface area (Å²) in [5.74, 6) is -0.0180. The number of halogens is 1. The minimum absolute atomic E-state index is 0.0848. The smallest absolute Gasteiger partial charge is 0.252 e. The summed E-state index contributed by atoms with van der Waals surface area (Å²) in [5.41, 5.74) is 2.84. The predicted octanol–water partition coefficient (Wildman–Crippen LogP) is 4.95. The zero-order valence-electron chi connectivity index (χ0n) is 16.0. The number of nitrogens with zero attached hydrogens (tertiary/aromatic N) is 1. The second-order valence-corrected chi connectivity index (χ2v) is 7.75. The highest BCUT2D eigenvalue weighted by Gasteiger charge is 2.22. The lowest BCUT2D eigenvalue weighted by Gasteiger charge is -2.12. The molecule has 1 aromatic heterocycles. The summed E-state index contributed by atoms with van der Waals surface area (Å²) in [6.07, 6.45) is 4.17. The number of para-hydroxylation sites is 1. The number of fused-ring (bicyclic) bond motifs is 1. The molecule has 1 aliphatic rings. The van der Waals surface area contributed by atoms with Crippen molar-refractivity contribution in [3.05, 3.63) is 70.9 Å². The molecule has 1 aliphatic carbocycles. The van der Waals surface area contributed by atoms with Crippen LogP contribution in [-0.4, -0.2) is 16.8 Å². The van der Waals surface area contributed by atoms with Crippen LogP contribution < -0.4 is 10.6 Å². The SMILES string of the molecule is O=C(NCc1cccc(NC(=O)C2CCCC2)c1)c1cc(Cl)nc2ccccc12. The van der Waals surface area contributed by atoms with Gasteiger partial charge in [-0.25, -0.2) is 4.98 Å². The van der Waals surface area contributed by atoms with Crippen LogP contribution in [0.15, 0.2) is 54.6 Å². The molecule has 6 heteroatoms. The standard InChI is InChI=1S/C23H22ClN3O2/c24-21-13-19(18-10-3-4-11-20(18)27-21)23(29)25-14-15-6-5-9-17(12-15)26-22(28)16-7-1-2-8-16/h3-6,9-13,16H,1-2,7-8,14H2,(H,25,29)(H,26,28). The first kappa shape index (κ1) is 19.4. The largest absolute Gasteiger partial charge is 0.348 e. The fourth-order valence-electron chi connectivity index (χ4n) is 3.80. The van der Waals surface area contributed by atoms with E-state index >= 15 is 0 Å². The summed E-state index contributed by atoms with van der Waals surface area (Å²) in [5, 5.41) is 6.97. The lowest BCUT2D eigenvalue weighted by atomic mass is 10.1. The van der Waals surface area contributed by atoms with Gasteiger partial charge in [0.1, 0.15) is 5.15 Å². The maximum Gasteiger partial charge on any atom is 0.252 e. The minimum atomic E-state index is -0.217. The molecule has 2 N–H and O–H groups in total. The number of rotatable bonds is 5. The Hall–Kier alpha value is -2.92. The molecule has 0 saturated heterocycles. The molecule has 0 unspecified atom stereocenters. The van der Waals surface area contributed by atoms with Crippen molar-refractivity contribution >= 4 is 40.0 Å². The van der Waals surface area contributed by atoms with Gasteiger partial charge in [-0.2, -0.15) is 0 Å². The second-order valence-electron chi connectivity index (χ2n) is 7.36. The van der Waals surface area contributed by atoms with Crippen molar-refractivity contribution in [2.24, 2.45) is 5.92 Å². The van der Waals surface area contributed by atoms with Gasteiger partial charge in [-0.1, -0.05) is 54.8 Å². The molecule has 2 amide bonds. The molecule has 0 aliphatic heterocycles. The third-order valence-electron chi connectivity index (χ3n) is 5.30. The Morgan fingerprint density at radius 3 is 2.66 bits per heavy atom.